The summed E-state index contributed by atoms with van der Waals surface area (Å²) in [4.78, 5) is 41.3. The van der Waals surface area contributed by atoms with E-state index in [9.17, 15) is 14.4 Å². The molecule has 33 heavy (non-hydrogen) atoms. The maximum Gasteiger partial charge on any atom is 0.329 e. The predicted molar refractivity (Wildman–Crippen MR) is 123 cm³/mol. The highest BCUT2D eigenvalue weighted by Gasteiger charge is 2.35. The van der Waals surface area contributed by atoms with Crippen molar-refractivity contribution in [2.24, 2.45) is 7.05 Å². The number of carbonyl (C=O) groups excluding carboxylic acids is 2. The highest BCUT2D eigenvalue weighted by Crippen LogP contribution is 2.28. The first-order valence-corrected chi connectivity index (χ1v) is 11.8. The van der Waals surface area contributed by atoms with E-state index >= 15 is 4.39 Å². The number of piperazine rings is 1. The largest absolute Gasteiger partial charge is 0.369 e. The van der Waals surface area contributed by atoms with Crippen LogP contribution < -0.4 is 21.2 Å². The molecule has 2 N–H and O–H groups in total. The van der Waals surface area contributed by atoms with Crippen molar-refractivity contribution in [3.05, 3.63) is 28.7 Å². The predicted octanol–water partition coefficient (Wildman–Crippen LogP) is 0.531. The van der Waals surface area contributed by atoms with E-state index in [-0.39, 0.29) is 18.0 Å². The molecular formula is C23H31FN6O3. The molecule has 3 aliphatic rings. The van der Waals surface area contributed by atoms with Crippen LogP contribution in [0.3, 0.4) is 0 Å². The van der Waals surface area contributed by atoms with Crippen molar-refractivity contribution in [1.82, 2.24) is 24.7 Å². The molecule has 1 unspecified atom stereocenters. The lowest BCUT2D eigenvalue weighted by Gasteiger charge is -2.40. The molecule has 1 atom stereocenters. The number of hydrogen-bond donors (Lipinski definition) is 2. The summed E-state index contributed by atoms with van der Waals surface area (Å²) in [5.41, 5.74) is 1.09. The molecule has 10 heteroatoms. The molecular weight excluding hydrogens is 427 g/mol. The van der Waals surface area contributed by atoms with Gasteiger partial charge in [0.15, 0.2) is 0 Å². The topological polar surface area (TPSA) is 91.6 Å². The van der Waals surface area contributed by atoms with E-state index in [0.29, 0.717) is 31.3 Å². The number of piperidine rings is 2. The Bertz CT molecular complexity index is 1130. The fourth-order valence-electron chi connectivity index (χ4n) is 5.38. The molecule has 3 aliphatic heterocycles. The number of alkyl halides is 1. The number of imide groups is 1. The lowest BCUT2D eigenvalue weighted by molar-refractivity contribution is -0.135. The highest BCUT2D eigenvalue weighted by molar-refractivity contribution is 6.00. The first-order chi connectivity index (χ1) is 15.8. The molecule has 0 aliphatic carbocycles. The van der Waals surface area contributed by atoms with Gasteiger partial charge in [0, 0.05) is 51.9 Å². The monoisotopic (exact) mass is 458 g/mol. The first-order valence-electron chi connectivity index (χ1n) is 11.8. The minimum absolute atomic E-state index is 0.221. The Balaban J connectivity index is 1.32. The van der Waals surface area contributed by atoms with Gasteiger partial charge in [-0.15, -0.1) is 0 Å². The van der Waals surface area contributed by atoms with Crippen molar-refractivity contribution in [3.63, 3.8) is 0 Å². The smallest absolute Gasteiger partial charge is 0.329 e. The van der Waals surface area contributed by atoms with Gasteiger partial charge in [-0.2, -0.15) is 0 Å². The number of halogens is 1. The summed E-state index contributed by atoms with van der Waals surface area (Å²) in [6, 6.07) is 5.16. The molecule has 3 fully saturated rings. The SMILES string of the molecule is Cn1c(=O)n(C2CCC(=O)NC2=O)c2ccc(N3CCN(CC4(F)CCNCC4)CC3)cc21. The maximum atomic E-state index is 15.1. The van der Waals surface area contributed by atoms with E-state index in [2.05, 4.69) is 20.4 Å². The zero-order valence-corrected chi connectivity index (χ0v) is 19.0. The van der Waals surface area contributed by atoms with Crippen LogP contribution in [0.1, 0.15) is 31.7 Å². The molecule has 3 saturated heterocycles. The number of fused-ring (bicyclic) bond motifs is 1. The second-order valence-corrected chi connectivity index (χ2v) is 9.52. The van der Waals surface area contributed by atoms with Gasteiger partial charge in [0.2, 0.25) is 11.8 Å². The molecule has 4 heterocycles. The molecule has 0 bridgehead atoms. The third kappa shape index (κ3) is 4.17. The van der Waals surface area contributed by atoms with Crippen molar-refractivity contribution in [3.8, 4) is 0 Å². The molecule has 2 amide bonds. The summed E-state index contributed by atoms with van der Waals surface area (Å²) in [6.45, 7) is 5.16. The molecule has 0 spiro atoms. The van der Waals surface area contributed by atoms with Crippen molar-refractivity contribution in [2.75, 3.05) is 50.7 Å². The number of anilines is 1. The van der Waals surface area contributed by atoms with Gasteiger partial charge in [0.1, 0.15) is 11.7 Å². The normalized spacial score (nSPS) is 24.3. The van der Waals surface area contributed by atoms with E-state index in [1.54, 1.807) is 11.6 Å². The van der Waals surface area contributed by atoms with E-state index in [1.807, 2.05) is 18.2 Å². The summed E-state index contributed by atoms with van der Waals surface area (Å²) in [5.74, 6) is -0.731. The molecule has 1 aromatic heterocycles. The Kier molecular flexibility index (Phi) is 5.74. The van der Waals surface area contributed by atoms with Crippen LogP contribution in [0.15, 0.2) is 23.0 Å². The van der Waals surface area contributed by atoms with Gasteiger partial charge in [-0.3, -0.25) is 28.9 Å². The average molecular weight is 459 g/mol. The minimum Gasteiger partial charge on any atom is -0.369 e. The standard InChI is InChI=1S/C23H31FN6O3/c1-27-19-14-16(29-12-10-28(11-13-29)15-23(24)6-8-25-9-7-23)2-3-17(19)30(22(27)33)18-4-5-20(31)26-21(18)32/h2-3,14,18,25H,4-13,15H2,1H3,(H,26,31,32). The quantitative estimate of drug-likeness (QED) is 0.650. The van der Waals surface area contributed by atoms with Gasteiger partial charge in [-0.25, -0.2) is 9.18 Å². The molecule has 0 radical (unpaired) electrons. The van der Waals surface area contributed by atoms with Crippen molar-refractivity contribution < 1.29 is 14.0 Å². The fraction of sp³-hybridized carbons (Fsp3) is 0.609. The van der Waals surface area contributed by atoms with Gasteiger partial charge in [-0.1, -0.05) is 0 Å². The summed E-state index contributed by atoms with van der Waals surface area (Å²) in [7, 11) is 1.70. The zero-order valence-electron chi connectivity index (χ0n) is 19.0. The van der Waals surface area contributed by atoms with Crippen LogP contribution >= 0.6 is 0 Å². The van der Waals surface area contributed by atoms with E-state index in [1.165, 1.54) is 4.57 Å². The van der Waals surface area contributed by atoms with Crippen LogP contribution in [0.2, 0.25) is 0 Å². The Hall–Kier alpha value is -2.72. The second-order valence-electron chi connectivity index (χ2n) is 9.52. The van der Waals surface area contributed by atoms with Gasteiger partial charge in [0.25, 0.3) is 0 Å². The molecule has 9 nitrogen and oxygen atoms in total. The molecule has 5 rings (SSSR count). The Morgan fingerprint density at radius 2 is 1.79 bits per heavy atom. The Morgan fingerprint density at radius 3 is 2.48 bits per heavy atom. The number of benzene rings is 1. The van der Waals surface area contributed by atoms with Gasteiger partial charge < -0.3 is 10.2 Å². The van der Waals surface area contributed by atoms with E-state index < -0.39 is 17.6 Å². The van der Waals surface area contributed by atoms with Gasteiger partial charge in [0.05, 0.1) is 11.0 Å². The molecule has 0 saturated carbocycles. The number of imidazole rings is 1. The molecule has 2 aromatic rings. The zero-order chi connectivity index (χ0) is 23.2. The van der Waals surface area contributed by atoms with Crippen LogP contribution in [-0.2, 0) is 16.6 Å². The van der Waals surface area contributed by atoms with Gasteiger partial charge in [-0.05, 0) is 50.6 Å². The number of rotatable bonds is 4. The lowest BCUT2D eigenvalue weighted by Crippen LogP contribution is -2.53. The second kappa shape index (κ2) is 8.57. The van der Waals surface area contributed by atoms with Crippen molar-refractivity contribution in [1.29, 1.82) is 0 Å². The van der Waals surface area contributed by atoms with Crippen molar-refractivity contribution in [2.45, 2.75) is 37.4 Å². The summed E-state index contributed by atoms with van der Waals surface area (Å²) < 4.78 is 18.1. The number of nitrogens with one attached hydrogen (secondary N) is 2. The average Bonchev–Trinajstić information content (AvgIpc) is 3.04. The van der Waals surface area contributed by atoms with Crippen LogP contribution in [0.4, 0.5) is 10.1 Å². The number of aryl methyl sites for hydroxylation is 1. The highest BCUT2D eigenvalue weighted by atomic mass is 19.1. The number of carbonyl (C=O) groups is 2. The Labute approximate surface area is 191 Å². The fourth-order valence-corrected chi connectivity index (χ4v) is 5.38. The van der Waals surface area contributed by atoms with Crippen LogP contribution in [-0.4, -0.2) is 77.3 Å². The van der Waals surface area contributed by atoms with Crippen LogP contribution in [0.25, 0.3) is 11.0 Å². The number of amides is 2. The first kappa shape index (κ1) is 22.1. The third-order valence-corrected chi connectivity index (χ3v) is 7.34. The minimum atomic E-state index is -1.09. The van der Waals surface area contributed by atoms with Crippen molar-refractivity contribution >= 4 is 28.5 Å². The van der Waals surface area contributed by atoms with E-state index in [4.69, 9.17) is 0 Å². The number of nitrogens with zero attached hydrogens (tertiary/aromatic N) is 4. The lowest BCUT2D eigenvalue weighted by atomic mass is 9.93. The van der Waals surface area contributed by atoms with Gasteiger partial charge >= 0.3 is 5.69 Å². The Morgan fingerprint density at radius 1 is 1.06 bits per heavy atom. The maximum absolute atomic E-state index is 15.1. The summed E-state index contributed by atoms with van der Waals surface area (Å²) in [5, 5.41) is 5.56. The van der Waals surface area contributed by atoms with Crippen LogP contribution in [0.5, 0.6) is 0 Å². The summed E-state index contributed by atoms with van der Waals surface area (Å²) in [6.07, 6.45) is 1.68. The summed E-state index contributed by atoms with van der Waals surface area (Å²) >= 11 is 0. The third-order valence-electron chi connectivity index (χ3n) is 7.34. The molecule has 1 aromatic carbocycles. The number of hydrogen-bond acceptors (Lipinski definition) is 6. The van der Waals surface area contributed by atoms with E-state index in [0.717, 1.165) is 50.5 Å². The number of aromatic nitrogens is 2. The molecule has 178 valence electrons. The van der Waals surface area contributed by atoms with Crippen LogP contribution in [0, 0.1) is 0 Å².